The molecule has 0 saturated carbocycles. The van der Waals surface area contributed by atoms with E-state index in [-0.39, 0.29) is 37.2 Å². The van der Waals surface area contributed by atoms with E-state index in [2.05, 4.69) is 5.32 Å². The molecule has 0 bridgehead atoms. The standard InChI is InChI=1S/C21H28N2O5/c1-6-23(12-19(24)22-13(2)3)20(25)10-9-17-14(4)16-8-7-15(27-5)11-18(16)28-21(17)26/h7-8,11,13H,6,9-10,12H2,1-5H3,(H,22,24). The lowest BCUT2D eigenvalue weighted by Gasteiger charge is -2.21. The van der Waals surface area contributed by atoms with E-state index in [0.29, 0.717) is 23.4 Å². The summed E-state index contributed by atoms with van der Waals surface area (Å²) in [6, 6.07) is 5.33. The van der Waals surface area contributed by atoms with Gasteiger partial charge in [0.2, 0.25) is 11.8 Å². The van der Waals surface area contributed by atoms with E-state index >= 15 is 0 Å². The van der Waals surface area contributed by atoms with Crippen molar-refractivity contribution < 1.29 is 18.7 Å². The number of carbonyl (C=O) groups is 2. The smallest absolute Gasteiger partial charge is 0.339 e. The lowest BCUT2D eigenvalue weighted by Crippen LogP contribution is -2.42. The fraction of sp³-hybridized carbons (Fsp3) is 0.476. The molecule has 1 aromatic carbocycles. The van der Waals surface area contributed by atoms with Crippen LogP contribution in [-0.2, 0) is 16.0 Å². The van der Waals surface area contributed by atoms with Gasteiger partial charge in [0.15, 0.2) is 0 Å². The van der Waals surface area contributed by atoms with Gasteiger partial charge in [0, 0.05) is 36.0 Å². The molecule has 1 heterocycles. The molecule has 2 aromatic rings. The minimum absolute atomic E-state index is 0.0125. The molecule has 28 heavy (non-hydrogen) atoms. The first-order chi connectivity index (χ1) is 13.3. The van der Waals surface area contributed by atoms with Gasteiger partial charge in [-0.25, -0.2) is 4.79 Å². The van der Waals surface area contributed by atoms with Crippen LogP contribution in [0.2, 0.25) is 0 Å². The highest BCUT2D eigenvalue weighted by Gasteiger charge is 2.18. The van der Waals surface area contributed by atoms with Crippen LogP contribution in [0.1, 0.15) is 38.3 Å². The molecule has 0 unspecified atom stereocenters. The van der Waals surface area contributed by atoms with Gasteiger partial charge in [-0.15, -0.1) is 0 Å². The zero-order valence-corrected chi connectivity index (χ0v) is 17.1. The van der Waals surface area contributed by atoms with Gasteiger partial charge in [0.1, 0.15) is 11.3 Å². The third-order valence-corrected chi connectivity index (χ3v) is 4.60. The minimum atomic E-state index is -0.452. The zero-order chi connectivity index (χ0) is 20.8. The number of hydrogen-bond acceptors (Lipinski definition) is 5. The first kappa shape index (κ1) is 21.5. The molecule has 0 radical (unpaired) electrons. The van der Waals surface area contributed by atoms with Crippen molar-refractivity contribution in [3.63, 3.8) is 0 Å². The van der Waals surface area contributed by atoms with Gasteiger partial charge in [0.05, 0.1) is 13.7 Å². The molecular weight excluding hydrogens is 360 g/mol. The van der Waals surface area contributed by atoms with Crippen LogP contribution in [0.3, 0.4) is 0 Å². The second-order valence-electron chi connectivity index (χ2n) is 6.99. The fourth-order valence-electron chi connectivity index (χ4n) is 3.10. The number of amides is 2. The van der Waals surface area contributed by atoms with Crippen molar-refractivity contribution in [2.24, 2.45) is 0 Å². The van der Waals surface area contributed by atoms with Crippen LogP contribution in [0.5, 0.6) is 5.75 Å². The van der Waals surface area contributed by atoms with Gasteiger partial charge in [-0.05, 0) is 51.8 Å². The maximum atomic E-state index is 12.5. The number of methoxy groups -OCH3 is 1. The van der Waals surface area contributed by atoms with Crippen LogP contribution in [0.15, 0.2) is 27.4 Å². The number of benzene rings is 1. The number of aryl methyl sites for hydroxylation is 1. The van der Waals surface area contributed by atoms with Crippen molar-refractivity contribution in [1.82, 2.24) is 10.2 Å². The van der Waals surface area contributed by atoms with Crippen LogP contribution in [-0.4, -0.2) is 43.0 Å². The summed E-state index contributed by atoms with van der Waals surface area (Å²) in [5, 5.41) is 3.59. The number of ether oxygens (including phenoxy) is 1. The molecule has 0 saturated heterocycles. The van der Waals surface area contributed by atoms with Crippen molar-refractivity contribution in [3.05, 3.63) is 39.7 Å². The van der Waals surface area contributed by atoms with Crippen LogP contribution in [0.4, 0.5) is 0 Å². The molecule has 0 spiro atoms. The highest BCUT2D eigenvalue weighted by atomic mass is 16.5. The molecule has 0 aliphatic carbocycles. The highest BCUT2D eigenvalue weighted by molar-refractivity contribution is 5.85. The maximum absolute atomic E-state index is 12.5. The average Bonchev–Trinajstić information content (AvgIpc) is 2.64. The van der Waals surface area contributed by atoms with Crippen molar-refractivity contribution in [2.75, 3.05) is 20.2 Å². The first-order valence-corrected chi connectivity index (χ1v) is 9.44. The number of carbonyl (C=O) groups excluding carboxylic acids is 2. The van der Waals surface area contributed by atoms with Crippen molar-refractivity contribution in [2.45, 2.75) is 46.6 Å². The largest absolute Gasteiger partial charge is 0.497 e. The minimum Gasteiger partial charge on any atom is -0.497 e. The summed E-state index contributed by atoms with van der Waals surface area (Å²) in [6.45, 7) is 7.84. The van der Waals surface area contributed by atoms with Crippen LogP contribution >= 0.6 is 0 Å². The summed E-state index contributed by atoms with van der Waals surface area (Å²) in [4.78, 5) is 38.4. The molecular formula is C21H28N2O5. The summed E-state index contributed by atoms with van der Waals surface area (Å²) in [7, 11) is 1.55. The number of nitrogens with zero attached hydrogens (tertiary/aromatic N) is 1. The topological polar surface area (TPSA) is 88.8 Å². The van der Waals surface area contributed by atoms with E-state index < -0.39 is 5.63 Å². The molecule has 0 atom stereocenters. The summed E-state index contributed by atoms with van der Waals surface area (Å²) in [6.07, 6.45) is 0.396. The number of fused-ring (bicyclic) bond motifs is 1. The fourth-order valence-corrected chi connectivity index (χ4v) is 3.10. The molecule has 0 aliphatic rings. The Kier molecular flexibility index (Phi) is 7.20. The summed E-state index contributed by atoms with van der Waals surface area (Å²) < 4.78 is 10.6. The van der Waals surface area contributed by atoms with E-state index in [0.717, 1.165) is 10.9 Å². The number of nitrogens with one attached hydrogen (secondary N) is 1. The van der Waals surface area contributed by atoms with E-state index in [1.807, 2.05) is 33.8 Å². The van der Waals surface area contributed by atoms with Gasteiger partial charge < -0.3 is 19.4 Å². The second kappa shape index (κ2) is 9.39. The van der Waals surface area contributed by atoms with Crippen LogP contribution < -0.4 is 15.7 Å². The van der Waals surface area contributed by atoms with Crippen molar-refractivity contribution >= 4 is 22.8 Å². The Balaban J connectivity index is 2.14. The predicted octanol–water partition coefficient (Wildman–Crippen LogP) is 2.42. The van der Waals surface area contributed by atoms with E-state index in [9.17, 15) is 14.4 Å². The van der Waals surface area contributed by atoms with Gasteiger partial charge in [-0.3, -0.25) is 9.59 Å². The van der Waals surface area contributed by atoms with Gasteiger partial charge in [-0.1, -0.05) is 0 Å². The SMILES string of the molecule is CCN(CC(=O)NC(C)C)C(=O)CCc1c(C)c2ccc(OC)cc2oc1=O. The summed E-state index contributed by atoms with van der Waals surface area (Å²) in [5.74, 6) is 0.242. The molecule has 2 amide bonds. The second-order valence-corrected chi connectivity index (χ2v) is 6.99. The van der Waals surface area contributed by atoms with Crippen molar-refractivity contribution in [3.8, 4) is 5.75 Å². The van der Waals surface area contributed by atoms with Crippen LogP contribution in [0, 0.1) is 6.92 Å². The molecule has 0 aliphatic heterocycles. The Morgan fingerprint density at radius 3 is 2.61 bits per heavy atom. The number of hydrogen-bond donors (Lipinski definition) is 1. The maximum Gasteiger partial charge on any atom is 0.339 e. The molecule has 2 rings (SSSR count). The normalized spacial score (nSPS) is 10.9. The first-order valence-electron chi connectivity index (χ1n) is 9.44. The monoisotopic (exact) mass is 388 g/mol. The third-order valence-electron chi connectivity index (χ3n) is 4.60. The Hall–Kier alpha value is -2.83. The molecule has 1 N–H and O–H groups in total. The molecule has 1 aromatic heterocycles. The Morgan fingerprint density at radius 1 is 1.29 bits per heavy atom. The summed E-state index contributed by atoms with van der Waals surface area (Å²) in [5.41, 5.74) is 1.28. The molecule has 152 valence electrons. The summed E-state index contributed by atoms with van der Waals surface area (Å²) >= 11 is 0. The Morgan fingerprint density at radius 2 is 2.00 bits per heavy atom. The predicted molar refractivity (Wildman–Crippen MR) is 108 cm³/mol. The quantitative estimate of drug-likeness (QED) is 0.702. The highest BCUT2D eigenvalue weighted by Crippen LogP contribution is 2.24. The van der Waals surface area contributed by atoms with Crippen molar-refractivity contribution in [1.29, 1.82) is 0 Å². The Bertz CT molecular complexity index is 917. The van der Waals surface area contributed by atoms with Crippen LogP contribution in [0.25, 0.3) is 11.0 Å². The number of likely N-dealkylation sites (N-methyl/N-ethyl adjacent to an activating group) is 1. The average molecular weight is 388 g/mol. The molecule has 0 fully saturated rings. The Labute approximate surface area is 164 Å². The van der Waals surface area contributed by atoms with E-state index in [1.54, 1.807) is 19.2 Å². The zero-order valence-electron chi connectivity index (χ0n) is 17.1. The van der Waals surface area contributed by atoms with Gasteiger partial charge >= 0.3 is 5.63 Å². The van der Waals surface area contributed by atoms with Gasteiger partial charge in [0.25, 0.3) is 0 Å². The number of rotatable bonds is 8. The molecule has 7 heteroatoms. The lowest BCUT2D eigenvalue weighted by molar-refractivity contribution is -0.136. The lowest BCUT2D eigenvalue weighted by atomic mass is 10.0. The van der Waals surface area contributed by atoms with Gasteiger partial charge in [-0.2, -0.15) is 0 Å². The molecule has 7 nitrogen and oxygen atoms in total. The van der Waals surface area contributed by atoms with E-state index in [4.69, 9.17) is 9.15 Å². The third kappa shape index (κ3) is 5.12. The van der Waals surface area contributed by atoms with E-state index in [1.165, 1.54) is 4.90 Å².